The number of fused-ring (bicyclic) bond motifs is 1. The Kier molecular flexibility index (Phi) is 7.21. The molecule has 0 saturated carbocycles. The number of carbonyl (C=O) groups excluding carboxylic acids is 2. The van der Waals surface area contributed by atoms with Crippen molar-refractivity contribution in [3.63, 3.8) is 0 Å². The van der Waals surface area contributed by atoms with Crippen LogP contribution in [0.5, 0.6) is 11.5 Å². The molecule has 2 amide bonds. The van der Waals surface area contributed by atoms with E-state index in [0.717, 1.165) is 5.56 Å². The van der Waals surface area contributed by atoms with E-state index in [1.165, 1.54) is 19.1 Å². The van der Waals surface area contributed by atoms with Gasteiger partial charge in [-0.05, 0) is 42.0 Å². The largest absolute Gasteiger partial charge is 0.486 e. The average Bonchev–Trinajstić information content (AvgIpc) is 2.84. The monoisotopic (exact) mass is 495 g/mol. The fourth-order valence-corrected chi connectivity index (χ4v) is 4.68. The summed E-state index contributed by atoms with van der Waals surface area (Å²) in [7, 11) is -3.85. The van der Waals surface area contributed by atoms with Crippen molar-refractivity contribution in [2.45, 2.75) is 24.3 Å². The zero-order valence-corrected chi connectivity index (χ0v) is 19.8. The van der Waals surface area contributed by atoms with Gasteiger partial charge in [-0.15, -0.1) is 0 Å². The highest BCUT2D eigenvalue weighted by atomic mass is 32.2. The standard InChI is InChI=1S/C25H25N3O6S/c1-17(29)26-22(18-5-3-2-4-6-18)16-25(30)27-19-7-9-20(10-8-19)28-35(31,32)21-11-12-23-24(15-21)34-14-13-33-23/h2-12,15,22,28H,13-14,16H2,1H3,(H,26,29)(H,27,30). The van der Waals surface area contributed by atoms with Gasteiger partial charge < -0.3 is 20.1 Å². The lowest BCUT2D eigenvalue weighted by Gasteiger charge is -2.19. The molecule has 1 atom stereocenters. The van der Waals surface area contributed by atoms with Crippen molar-refractivity contribution in [1.82, 2.24) is 5.32 Å². The molecular weight excluding hydrogens is 470 g/mol. The second kappa shape index (κ2) is 10.5. The van der Waals surface area contributed by atoms with Crippen LogP contribution in [-0.4, -0.2) is 33.4 Å². The first-order valence-electron chi connectivity index (χ1n) is 10.9. The van der Waals surface area contributed by atoms with Gasteiger partial charge in [0.15, 0.2) is 11.5 Å². The molecule has 0 radical (unpaired) electrons. The minimum absolute atomic E-state index is 0.0437. The molecular formula is C25H25N3O6S. The lowest BCUT2D eigenvalue weighted by atomic mass is 10.0. The Morgan fingerprint density at radius 1 is 0.886 bits per heavy atom. The number of hydrogen-bond acceptors (Lipinski definition) is 6. The first-order chi connectivity index (χ1) is 16.8. The number of amides is 2. The molecule has 0 aliphatic carbocycles. The predicted octanol–water partition coefficient (Wildman–Crippen LogP) is 3.46. The topological polar surface area (TPSA) is 123 Å². The number of anilines is 2. The molecule has 1 aliphatic rings. The third-order valence-electron chi connectivity index (χ3n) is 5.21. The summed E-state index contributed by atoms with van der Waals surface area (Å²) in [5.74, 6) is 0.354. The number of carbonyl (C=O) groups is 2. The van der Waals surface area contributed by atoms with Crippen molar-refractivity contribution in [1.29, 1.82) is 0 Å². The average molecular weight is 496 g/mol. The maximum atomic E-state index is 12.8. The van der Waals surface area contributed by atoms with E-state index in [0.29, 0.717) is 36.1 Å². The molecule has 3 aromatic rings. The molecule has 10 heteroatoms. The zero-order valence-electron chi connectivity index (χ0n) is 19.0. The van der Waals surface area contributed by atoms with Crippen LogP contribution < -0.4 is 24.8 Å². The summed E-state index contributed by atoms with van der Waals surface area (Å²) in [4.78, 5) is 24.2. The van der Waals surface area contributed by atoms with Gasteiger partial charge in [-0.3, -0.25) is 14.3 Å². The Bertz CT molecular complexity index is 1310. The molecule has 0 aromatic heterocycles. The lowest BCUT2D eigenvalue weighted by Crippen LogP contribution is -2.29. The van der Waals surface area contributed by atoms with Gasteiger partial charge in [0, 0.05) is 24.4 Å². The van der Waals surface area contributed by atoms with Crippen LogP contribution in [0.1, 0.15) is 24.9 Å². The predicted molar refractivity (Wildman–Crippen MR) is 131 cm³/mol. The summed E-state index contributed by atoms with van der Waals surface area (Å²) >= 11 is 0. The van der Waals surface area contributed by atoms with Crippen molar-refractivity contribution in [3.05, 3.63) is 78.4 Å². The van der Waals surface area contributed by atoms with Crippen molar-refractivity contribution >= 4 is 33.2 Å². The summed E-state index contributed by atoms with van der Waals surface area (Å²) in [6, 6.07) is 19.5. The first kappa shape index (κ1) is 24.1. The van der Waals surface area contributed by atoms with Gasteiger partial charge >= 0.3 is 0 Å². The van der Waals surface area contributed by atoms with E-state index in [2.05, 4.69) is 15.4 Å². The molecule has 1 heterocycles. The highest BCUT2D eigenvalue weighted by Gasteiger charge is 2.20. The molecule has 3 N–H and O–H groups in total. The van der Waals surface area contributed by atoms with Crippen LogP contribution in [0, 0.1) is 0 Å². The molecule has 0 fully saturated rings. The number of ether oxygens (including phenoxy) is 2. The molecule has 182 valence electrons. The third kappa shape index (κ3) is 6.30. The molecule has 0 spiro atoms. The van der Waals surface area contributed by atoms with Crippen LogP contribution >= 0.6 is 0 Å². The van der Waals surface area contributed by atoms with Crippen LogP contribution in [0.3, 0.4) is 0 Å². The quantitative estimate of drug-likeness (QED) is 0.440. The molecule has 4 rings (SSSR count). The Hall–Kier alpha value is -4.05. The van der Waals surface area contributed by atoms with Gasteiger partial charge in [-0.1, -0.05) is 30.3 Å². The van der Waals surface area contributed by atoms with E-state index in [1.807, 2.05) is 30.3 Å². The summed E-state index contributed by atoms with van der Waals surface area (Å²) in [5.41, 5.74) is 1.65. The fraction of sp³-hybridized carbons (Fsp3) is 0.200. The van der Waals surface area contributed by atoms with Gasteiger partial charge in [0.25, 0.3) is 10.0 Å². The maximum absolute atomic E-state index is 12.8. The van der Waals surface area contributed by atoms with E-state index in [9.17, 15) is 18.0 Å². The van der Waals surface area contributed by atoms with E-state index in [4.69, 9.17) is 9.47 Å². The number of rotatable bonds is 8. The number of benzene rings is 3. The van der Waals surface area contributed by atoms with Gasteiger partial charge in [-0.25, -0.2) is 8.42 Å². The second-order valence-corrected chi connectivity index (χ2v) is 9.59. The number of hydrogen-bond donors (Lipinski definition) is 3. The lowest BCUT2D eigenvalue weighted by molar-refractivity contribution is -0.120. The maximum Gasteiger partial charge on any atom is 0.262 e. The Balaban J connectivity index is 1.39. The van der Waals surface area contributed by atoms with E-state index in [-0.39, 0.29) is 23.1 Å². The second-order valence-electron chi connectivity index (χ2n) is 7.90. The molecule has 1 aliphatic heterocycles. The van der Waals surface area contributed by atoms with Crippen LogP contribution in [0.15, 0.2) is 77.7 Å². The van der Waals surface area contributed by atoms with Crippen LogP contribution in [0.25, 0.3) is 0 Å². The van der Waals surface area contributed by atoms with E-state index in [1.54, 1.807) is 30.3 Å². The SMILES string of the molecule is CC(=O)NC(CC(=O)Nc1ccc(NS(=O)(=O)c2ccc3c(c2)OCCO3)cc1)c1ccccc1. The Morgan fingerprint density at radius 3 is 2.23 bits per heavy atom. The van der Waals surface area contributed by atoms with Crippen molar-refractivity contribution < 1.29 is 27.5 Å². The van der Waals surface area contributed by atoms with Gasteiger partial charge in [0.1, 0.15) is 13.2 Å². The third-order valence-corrected chi connectivity index (χ3v) is 6.59. The summed E-state index contributed by atoms with van der Waals surface area (Å²) in [6.45, 7) is 2.17. The van der Waals surface area contributed by atoms with E-state index < -0.39 is 16.1 Å². The fourth-order valence-electron chi connectivity index (χ4n) is 3.61. The summed E-state index contributed by atoms with van der Waals surface area (Å²) in [6.07, 6.45) is 0.0437. The molecule has 9 nitrogen and oxygen atoms in total. The highest BCUT2D eigenvalue weighted by Crippen LogP contribution is 2.32. The molecule has 35 heavy (non-hydrogen) atoms. The van der Waals surface area contributed by atoms with Crippen molar-refractivity contribution in [2.24, 2.45) is 0 Å². The zero-order chi connectivity index (χ0) is 24.8. The van der Waals surface area contributed by atoms with Crippen molar-refractivity contribution in [3.8, 4) is 11.5 Å². The Morgan fingerprint density at radius 2 is 1.54 bits per heavy atom. The van der Waals surface area contributed by atoms with E-state index >= 15 is 0 Å². The summed E-state index contributed by atoms with van der Waals surface area (Å²) in [5, 5.41) is 5.56. The Labute approximate surface area is 203 Å². The molecule has 0 bridgehead atoms. The minimum Gasteiger partial charge on any atom is -0.486 e. The normalized spacial score (nSPS) is 13.4. The summed E-state index contributed by atoms with van der Waals surface area (Å²) < 4.78 is 39.0. The molecule has 1 unspecified atom stereocenters. The molecule has 0 saturated heterocycles. The molecule has 3 aromatic carbocycles. The van der Waals surface area contributed by atoms with Gasteiger partial charge in [0.2, 0.25) is 11.8 Å². The highest BCUT2D eigenvalue weighted by molar-refractivity contribution is 7.92. The number of nitrogens with one attached hydrogen (secondary N) is 3. The van der Waals surface area contributed by atoms with Gasteiger partial charge in [-0.2, -0.15) is 0 Å². The van der Waals surface area contributed by atoms with Crippen LogP contribution in [-0.2, 0) is 19.6 Å². The van der Waals surface area contributed by atoms with Crippen molar-refractivity contribution in [2.75, 3.05) is 23.3 Å². The van der Waals surface area contributed by atoms with Crippen LogP contribution in [0.4, 0.5) is 11.4 Å². The van der Waals surface area contributed by atoms with Gasteiger partial charge in [0.05, 0.1) is 17.4 Å². The smallest absolute Gasteiger partial charge is 0.262 e. The number of sulfonamides is 1. The minimum atomic E-state index is -3.85. The van der Waals surface area contributed by atoms with Crippen LogP contribution in [0.2, 0.25) is 0 Å². The first-order valence-corrected chi connectivity index (χ1v) is 12.4.